The van der Waals surface area contributed by atoms with Crippen molar-refractivity contribution in [3.05, 3.63) is 22.6 Å². The number of nitrogens with zero attached hydrogens (tertiary/aromatic N) is 4. The van der Waals surface area contributed by atoms with Crippen LogP contribution in [0.3, 0.4) is 0 Å². The summed E-state index contributed by atoms with van der Waals surface area (Å²) in [7, 11) is 0. The molecule has 2 aromatic heterocycles. The molecule has 3 heterocycles. The molecule has 20 heavy (non-hydrogen) atoms. The van der Waals surface area contributed by atoms with Crippen molar-refractivity contribution in [1.29, 1.82) is 0 Å². The maximum Gasteiger partial charge on any atom is 0.250 e. The largest absolute Gasteiger partial charge is 0.382 e. The van der Waals surface area contributed by atoms with E-state index in [0.29, 0.717) is 25.5 Å². The standard InChI is InChI=1S/C12H14BrF2N5/c13-9-5-8(10-11(16)17-7-18-20(9)10)6-19-3-1-12(14,15)2-4-19/h5,7H,1-4,6H2,(H2,16,17,18). The number of hydrogen-bond acceptors (Lipinski definition) is 4. The van der Waals surface area contributed by atoms with Crippen molar-refractivity contribution in [2.75, 3.05) is 18.8 Å². The molecule has 8 heteroatoms. The van der Waals surface area contributed by atoms with Gasteiger partial charge in [0.05, 0.1) is 0 Å². The second kappa shape index (κ2) is 4.92. The summed E-state index contributed by atoms with van der Waals surface area (Å²) < 4.78 is 28.8. The molecule has 5 nitrogen and oxygen atoms in total. The van der Waals surface area contributed by atoms with Gasteiger partial charge in [0, 0.05) is 32.5 Å². The first-order valence-electron chi connectivity index (χ1n) is 6.33. The number of nitrogens with two attached hydrogens (primary N) is 1. The van der Waals surface area contributed by atoms with E-state index in [2.05, 4.69) is 26.0 Å². The van der Waals surface area contributed by atoms with Gasteiger partial charge in [-0.1, -0.05) is 0 Å². The molecule has 0 bridgehead atoms. The zero-order valence-corrected chi connectivity index (χ0v) is 12.3. The predicted molar refractivity (Wildman–Crippen MR) is 74.6 cm³/mol. The van der Waals surface area contributed by atoms with Gasteiger partial charge in [0.2, 0.25) is 0 Å². The number of nitrogen functional groups attached to an aromatic ring is 1. The van der Waals surface area contributed by atoms with Gasteiger partial charge < -0.3 is 5.73 Å². The van der Waals surface area contributed by atoms with Gasteiger partial charge in [-0.05, 0) is 27.6 Å². The van der Waals surface area contributed by atoms with Crippen molar-refractivity contribution in [2.45, 2.75) is 25.3 Å². The minimum absolute atomic E-state index is 0.0913. The molecule has 0 atom stereocenters. The van der Waals surface area contributed by atoms with E-state index in [0.717, 1.165) is 15.7 Å². The minimum Gasteiger partial charge on any atom is -0.382 e. The number of rotatable bonds is 2. The number of hydrogen-bond donors (Lipinski definition) is 1. The van der Waals surface area contributed by atoms with Gasteiger partial charge in [-0.15, -0.1) is 0 Å². The monoisotopic (exact) mass is 345 g/mol. The fourth-order valence-corrected chi connectivity index (χ4v) is 3.05. The molecule has 2 aromatic rings. The Morgan fingerprint density at radius 3 is 2.75 bits per heavy atom. The van der Waals surface area contributed by atoms with Gasteiger partial charge in [0.15, 0.2) is 5.82 Å². The molecular weight excluding hydrogens is 332 g/mol. The van der Waals surface area contributed by atoms with Crippen LogP contribution in [0.1, 0.15) is 18.4 Å². The highest BCUT2D eigenvalue weighted by atomic mass is 79.9. The number of likely N-dealkylation sites (tertiary alicyclic amines) is 1. The highest BCUT2D eigenvalue weighted by molar-refractivity contribution is 9.10. The molecule has 0 radical (unpaired) electrons. The van der Waals surface area contributed by atoms with Crippen molar-refractivity contribution in [3.8, 4) is 0 Å². The summed E-state index contributed by atoms with van der Waals surface area (Å²) in [4.78, 5) is 5.99. The molecule has 1 fully saturated rings. The van der Waals surface area contributed by atoms with Crippen molar-refractivity contribution < 1.29 is 8.78 Å². The van der Waals surface area contributed by atoms with Gasteiger partial charge in [0.25, 0.3) is 5.92 Å². The maximum atomic E-state index is 13.2. The molecule has 1 aliphatic rings. The Morgan fingerprint density at radius 1 is 1.35 bits per heavy atom. The second-order valence-corrected chi connectivity index (χ2v) is 5.84. The van der Waals surface area contributed by atoms with Gasteiger partial charge in [-0.2, -0.15) is 5.10 Å². The Bertz CT molecular complexity index is 632. The molecule has 1 saturated heterocycles. The van der Waals surface area contributed by atoms with E-state index < -0.39 is 5.92 Å². The number of anilines is 1. The smallest absolute Gasteiger partial charge is 0.250 e. The fraction of sp³-hybridized carbons (Fsp3) is 0.500. The molecule has 0 unspecified atom stereocenters. The van der Waals surface area contributed by atoms with Gasteiger partial charge in [-0.3, -0.25) is 4.90 Å². The van der Waals surface area contributed by atoms with Gasteiger partial charge in [-0.25, -0.2) is 18.3 Å². The number of piperidine rings is 1. The van der Waals surface area contributed by atoms with E-state index in [4.69, 9.17) is 5.73 Å². The van der Waals surface area contributed by atoms with E-state index in [-0.39, 0.29) is 12.8 Å². The van der Waals surface area contributed by atoms with Crippen LogP contribution in [0, 0.1) is 0 Å². The molecule has 108 valence electrons. The summed E-state index contributed by atoms with van der Waals surface area (Å²) in [5.74, 6) is -2.13. The molecule has 2 N–H and O–H groups in total. The van der Waals surface area contributed by atoms with Crippen LogP contribution < -0.4 is 5.73 Å². The summed E-state index contributed by atoms with van der Waals surface area (Å²) in [6.45, 7) is 1.34. The fourth-order valence-electron chi connectivity index (χ4n) is 2.50. The van der Waals surface area contributed by atoms with Gasteiger partial charge in [0.1, 0.15) is 16.4 Å². The van der Waals surface area contributed by atoms with Crippen molar-refractivity contribution in [2.24, 2.45) is 0 Å². The summed E-state index contributed by atoms with van der Waals surface area (Å²) in [5, 5.41) is 4.12. The zero-order chi connectivity index (χ0) is 14.3. The number of halogens is 3. The lowest BCUT2D eigenvalue weighted by Crippen LogP contribution is -2.38. The SMILES string of the molecule is Nc1ncnn2c(Br)cc(CN3CCC(F)(F)CC3)c12. The Kier molecular flexibility index (Phi) is 3.37. The summed E-state index contributed by atoms with van der Waals surface area (Å²) in [6, 6.07) is 1.91. The zero-order valence-electron chi connectivity index (χ0n) is 10.7. The van der Waals surface area contributed by atoms with Crippen LogP contribution in [-0.4, -0.2) is 38.5 Å². The molecule has 0 spiro atoms. The first kappa shape index (κ1) is 13.7. The highest BCUT2D eigenvalue weighted by Crippen LogP contribution is 2.30. The Morgan fingerprint density at radius 2 is 2.05 bits per heavy atom. The van der Waals surface area contributed by atoms with Crippen molar-refractivity contribution in [1.82, 2.24) is 19.5 Å². The number of aromatic nitrogens is 3. The molecule has 0 aromatic carbocycles. The minimum atomic E-state index is -2.53. The molecular formula is C12H14BrF2N5. The van der Waals surface area contributed by atoms with Crippen LogP contribution in [0.4, 0.5) is 14.6 Å². The first-order valence-corrected chi connectivity index (χ1v) is 7.12. The number of alkyl halides is 2. The van der Waals surface area contributed by atoms with Crippen LogP contribution >= 0.6 is 15.9 Å². The second-order valence-electron chi connectivity index (χ2n) is 5.03. The van der Waals surface area contributed by atoms with E-state index in [1.165, 1.54) is 6.33 Å². The van der Waals surface area contributed by atoms with Crippen molar-refractivity contribution >= 4 is 27.3 Å². The molecule has 0 saturated carbocycles. The van der Waals surface area contributed by atoms with Crippen LogP contribution in [0.5, 0.6) is 0 Å². The molecule has 0 aliphatic carbocycles. The third kappa shape index (κ3) is 2.49. The van der Waals surface area contributed by atoms with Crippen LogP contribution in [-0.2, 0) is 6.54 Å². The third-order valence-electron chi connectivity index (χ3n) is 3.60. The lowest BCUT2D eigenvalue weighted by atomic mass is 10.1. The lowest BCUT2D eigenvalue weighted by molar-refractivity contribution is -0.0565. The molecule has 3 rings (SSSR count). The van der Waals surface area contributed by atoms with E-state index in [1.54, 1.807) is 4.52 Å². The normalized spacial score (nSPS) is 19.6. The Balaban J connectivity index is 1.85. The van der Waals surface area contributed by atoms with Gasteiger partial charge >= 0.3 is 0 Å². The quantitative estimate of drug-likeness (QED) is 0.907. The highest BCUT2D eigenvalue weighted by Gasteiger charge is 2.34. The van der Waals surface area contributed by atoms with Crippen LogP contribution in [0.2, 0.25) is 0 Å². The van der Waals surface area contributed by atoms with E-state index in [9.17, 15) is 8.78 Å². The summed E-state index contributed by atoms with van der Waals surface area (Å²) >= 11 is 3.41. The first-order chi connectivity index (χ1) is 9.46. The van der Waals surface area contributed by atoms with Crippen LogP contribution in [0.15, 0.2) is 17.0 Å². The van der Waals surface area contributed by atoms with Crippen molar-refractivity contribution in [3.63, 3.8) is 0 Å². The molecule has 1 aliphatic heterocycles. The third-order valence-corrected chi connectivity index (χ3v) is 4.16. The average Bonchev–Trinajstić information content (AvgIpc) is 2.71. The Hall–Kier alpha value is -1.28. The van der Waals surface area contributed by atoms with E-state index >= 15 is 0 Å². The van der Waals surface area contributed by atoms with E-state index in [1.807, 2.05) is 11.0 Å². The summed E-state index contributed by atoms with van der Waals surface area (Å²) in [6.07, 6.45) is 1.20. The molecule has 0 amide bonds. The maximum absolute atomic E-state index is 13.2. The predicted octanol–water partition coefficient (Wildman–Crippen LogP) is 2.31. The Labute approximate surface area is 122 Å². The summed E-state index contributed by atoms with van der Waals surface area (Å²) in [5.41, 5.74) is 7.56. The lowest BCUT2D eigenvalue weighted by Gasteiger charge is -2.31. The van der Waals surface area contributed by atoms with Crippen LogP contribution in [0.25, 0.3) is 5.52 Å². The topological polar surface area (TPSA) is 59.4 Å². The average molecular weight is 346 g/mol. The number of fused-ring (bicyclic) bond motifs is 1.